The molecule has 0 spiro atoms. The summed E-state index contributed by atoms with van der Waals surface area (Å²) in [5.41, 5.74) is 2.27. The highest BCUT2D eigenvalue weighted by molar-refractivity contribution is 7.89. The number of hydrogen-bond donors (Lipinski definition) is 0. The van der Waals surface area contributed by atoms with Gasteiger partial charge in [0.25, 0.3) is 0 Å². The van der Waals surface area contributed by atoms with Gasteiger partial charge in [-0.3, -0.25) is 13.8 Å². The molecule has 5 heterocycles. The molecule has 5 aromatic rings. The van der Waals surface area contributed by atoms with E-state index in [9.17, 15) is 13.7 Å². The van der Waals surface area contributed by atoms with Crippen LogP contribution in [0.25, 0.3) is 28.3 Å². The van der Waals surface area contributed by atoms with Gasteiger partial charge in [-0.15, -0.1) is 0 Å². The largest absolute Gasteiger partial charge is 0.284 e. The van der Waals surface area contributed by atoms with Gasteiger partial charge in [0.05, 0.1) is 41.0 Å². The Labute approximate surface area is 206 Å². The van der Waals surface area contributed by atoms with Crippen molar-refractivity contribution in [2.75, 3.05) is 13.1 Å². The zero-order valence-corrected chi connectivity index (χ0v) is 20.1. The standard InChI is InChI=1S/C24H21N9O2S/c1-30-14-18(12-27-30)21-11-22-26-9-10-32(22)23(29-21)19-13-28-33(15-19)24(7-8-25)16-31(17-24)36(34,35)20-5-3-2-4-6-20/h2-6,9-15H,7,16-17H2,1H3. The zero-order chi connectivity index (χ0) is 24.9. The summed E-state index contributed by atoms with van der Waals surface area (Å²) in [7, 11) is -1.81. The fraction of sp³-hybridized carbons (Fsp3) is 0.208. The van der Waals surface area contributed by atoms with E-state index < -0.39 is 15.6 Å². The van der Waals surface area contributed by atoms with Crippen LogP contribution in [0.15, 0.2) is 78.5 Å². The number of aromatic nitrogens is 7. The maximum absolute atomic E-state index is 13.0. The minimum atomic E-state index is -3.65. The first-order valence-electron chi connectivity index (χ1n) is 11.2. The lowest BCUT2D eigenvalue weighted by molar-refractivity contribution is 0.0717. The Morgan fingerprint density at radius 1 is 1.08 bits per heavy atom. The summed E-state index contributed by atoms with van der Waals surface area (Å²) in [5, 5.41) is 18.3. The first-order chi connectivity index (χ1) is 17.4. The molecule has 1 saturated heterocycles. The molecule has 12 heteroatoms. The second-order valence-electron chi connectivity index (χ2n) is 8.84. The van der Waals surface area contributed by atoms with Crippen molar-refractivity contribution in [3.05, 3.63) is 73.6 Å². The Hall–Kier alpha value is -4.34. The predicted octanol–water partition coefficient (Wildman–Crippen LogP) is 2.31. The van der Waals surface area contributed by atoms with E-state index in [-0.39, 0.29) is 24.4 Å². The SMILES string of the molecule is Cn1cc(-c2cc3nccn3c(-c3cnn(C4(CC#N)CN(S(=O)(=O)c5ccccc5)C4)c3)n2)cn1. The number of imidazole rings is 1. The summed E-state index contributed by atoms with van der Waals surface area (Å²) in [4.78, 5) is 9.51. The third-order valence-electron chi connectivity index (χ3n) is 6.45. The van der Waals surface area contributed by atoms with E-state index >= 15 is 0 Å². The number of sulfonamides is 1. The number of nitrogens with zero attached hydrogens (tertiary/aromatic N) is 9. The second kappa shape index (κ2) is 8.11. The Morgan fingerprint density at radius 3 is 2.58 bits per heavy atom. The molecule has 1 fully saturated rings. The van der Waals surface area contributed by atoms with Crippen LogP contribution in [-0.2, 0) is 22.6 Å². The number of fused-ring (bicyclic) bond motifs is 1. The molecule has 0 N–H and O–H groups in total. The van der Waals surface area contributed by atoms with Gasteiger partial charge in [-0.2, -0.15) is 19.8 Å². The Bertz CT molecular complexity index is 1720. The Kier molecular flexibility index (Phi) is 4.99. The van der Waals surface area contributed by atoms with E-state index in [1.54, 1.807) is 58.3 Å². The highest BCUT2D eigenvalue weighted by Gasteiger charge is 2.50. The van der Waals surface area contributed by atoms with Gasteiger partial charge >= 0.3 is 0 Å². The number of rotatable bonds is 6. The smallest absolute Gasteiger partial charge is 0.243 e. The number of nitriles is 1. The molecular formula is C24H21N9O2S. The van der Waals surface area contributed by atoms with Crippen molar-refractivity contribution < 1.29 is 8.42 Å². The summed E-state index contributed by atoms with van der Waals surface area (Å²) in [6, 6.07) is 12.4. The van der Waals surface area contributed by atoms with E-state index in [1.807, 2.05) is 36.1 Å². The van der Waals surface area contributed by atoms with Gasteiger partial charge < -0.3 is 0 Å². The second-order valence-corrected chi connectivity index (χ2v) is 10.8. The molecule has 4 aromatic heterocycles. The van der Waals surface area contributed by atoms with Crippen LogP contribution in [0.1, 0.15) is 6.42 Å². The van der Waals surface area contributed by atoms with E-state index in [4.69, 9.17) is 4.98 Å². The summed E-state index contributed by atoms with van der Waals surface area (Å²) >= 11 is 0. The average molecular weight is 500 g/mol. The third-order valence-corrected chi connectivity index (χ3v) is 8.25. The lowest BCUT2D eigenvalue weighted by Gasteiger charge is -2.47. The first kappa shape index (κ1) is 22.1. The monoisotopic (exact) mass is 499 g/mol. The van der Waals surface area contributed by atoms with Crippen LogP contribution in [0.4, 0.5) is 0 Å². The highest BCUT2D eigenvalue weighted by atomic mass is 32.2. The maximum Gasteiger partial charge on any atom is 0.243 e. The number of aryl methyl sites for hydroxylation is 1. The molecule has 180 valence electrons. The van der Waals surface area contributed by atoms with E-state index in [1.165, 1.54) is 4.31 Å². The minimum Gasteiger partial charge on any atom is -0.284 e. The molecule has 6 rings (SSSR count). The molecule has 0 amide bonds. The van der Waals surface area contributed by atoms with Gasteiger partial charge in [-0.1, -0.05) is 18.2 Å². The van der Waals surface area contributed by atoms with Crippen LogP contribution in [0.3, 0.4) is 0 Å². The normalized spacial score (nSPS) is 15.6. The van der Waals surface area contributed by atoms with Crippen LogP contribution in [0, 0.1) is 11.3 Å². The Balaban J connectivity index is 1.35. The summed E-state index contributed by atoms with van der Waals surface area (Å²) < 4.78 is 32.7. The van der Waals surface area contributed by atoms with Gasteiger partial charge in [0.15, 0.2) is 0 Å². The molecule has 36 heavy (non-hydrogen) atoms. The van der Waals surface area contributed by atoms with Gasteiger partial charge in [-0.05, 0) is 12.1 Å². The molecule has 0 aliphatic carbocycles. The summed E-state index contributed by atoms with van der Waals surface area (Å²) in [6.07, 6.45) is 10.8. The van der Waals surface area contributed by atoms with Crippen molar-refractivity contribution in [2.24, 2.45) is 7.05 Å². The molecule has 1 aliphatic heterocycles. The van der Waals surface area contributed by atoms with Crippen molar-refractivity contribution in [1.29, 1.82) is 5.26 Å². The van der Waals surface area contributed by atoms with E-state index in [0.717, 1.165) is 22.5 Å². The van der Waals surface area contributed by atoms with Crippen molar-refractivity contribution >= 4 is 15.7 Å². The lowest BCUT2D eigenvalue weighted by atomic mass is 9.89. The molecule has 11 nitrogen and oxygen atoms in total. The molecule has 0 radical (unpaired) electrons. The van der Waals surface area contributed by atoms with Crippen LogP contribution < -0.4 is 0 Å². The van der Waals surface area contributed by atoms with E-state index in [0.29, 0.717) is 5.82 Å². The summed E-state index contributed by atoms with van der Waals surface area (Å²) in [6.45, 7) is 0.311. The quantitative estimate of drug-likeness (QED) is 0.351. The fourth-order valence-electron chi connectivity index (χ4n) is 4.53. The fourth-order valence-corrected chi connectivity index (χ4v) is 6.15. The number of benzene rings is 1. The molecule has 1 aromatic carbocycles. The van der Waals surface area contributed by atoms with Gasteiger partial charge in [0, 0.05) is 56.6 Å². The van der Waals surface area contributed by atoms with Gasteiger partial charge in [0.2, 0.25) is 10.0 Å². The lowest BCUT2D eigenvalue weighted by Crippen LogP contribution is -2.64. The average Bonchev–Trinajstić information content (AvgIpc) is 3.62. The van der Waals surface area contributed by atoms with Crippen LogP contribution in [0.2, 0.25) is 0 Å². The molecule has 0 bridgehead atoms. The van der Waals surface area contributed by atoms with Crippen molar-refractivity contribution in [2.45, 2.75) is 16.9 Å². The van der Waals surface area contributed by atoms with Crippen molar-refractivity contribution in [3.8, 4) is 28.7 Å². The van der Waals surface area contributed by atoms with Crippen LogP contribution >= 0.6 is 0 Å². The zero-order valence-electron chi connectivity index (χ0n) is 19.3. The summed E-state index contributed by atoms with van der Waals surface area (Å²) in [5.74, 6) is 0.635. The third kappa shape index (κ3) is 3.48. The topological polar surface area (TPSA) is 127 Å². The van der Waals surface area contributed by atoms with Crippen molar-refractivity contribution in [3.63, 3.8) is 0 Å². The molecular weight excluding hydrogens is 478 g/mol. The number of hydrogen-bond acceptors (Lipinski definition) is 7. The van der Waals surface area contributed by atoms with Gasteiger partial charge in [0.1, 0.15) is 17.0 Å². The Morgan fingerprint density at radius 2 is 1.86 bits per heavy atom. The van der Waals surface area contributed by atoms with Crippen molar-refractivity contribution in [1.82, 2.24) is 38.2 Å². The predicted molar refractivity (Wildman–Crippen MR) is 130 cm³/mol. The minimum absolute atomic E-state index is 0.124. The molecule has 1 aliphatic rings. The first-order valence-corrected chi connectivity index (χ1v) is 12.6. The maximum atomic E-state index is 13.0. The molecule has 0 saturated carbocycles. The molecule has 0 atom stereocenters. The highest BCUT2D eigenvalue weighted by Crippen LogP contribution is 2.37. The molecule has 0 unspecified atom stereocenters. The van der Waals surface area contributed by atoms with Crippen LogP contribution in [-0.4, -0.2) is 59.7 Å². The van der Waals surface area contributed by atoms with E-state index in [2.05, 4.69) is 21.3 Å². The van der Waals surface area contributed by atoms with Gasteiger partial charge in [-0.25, -0.2) is 18.4 Å². The van der Waals surface area contributed by atoms with Crippen LogP contribution in [0.5, 0.6) is 0 Å².